The molecule has 1 aliphatic carbocycles. The molecule has 1 rings (SSSR count). The molecule has 0 spiro atoms. The number of amides is 1. The van der Waals surface area contributed by atoms with E-state index < -0.39 is 0 Å². The smallest absolute Gasteiger partial charge is 0.223 e. The summed E-state index contributed by atoms with van der Waals surface area (Å²) in [6, 6.07) is 0. The van der Waals surface area contributed by atoms with Crippen LogP contribution in [-0.4, -0.2) is 12.5 Å². The van der Waals surface area contributed by atoms with Crippen LogP contribution in [0.3, 0.4) is 0 Å². The third-order valence-electron chi connectivity index (χ3n) is 2.27. The van der Waals surface area contributed by atoms with Gasteiger partial charge < -0.3 is 5.32 Å². The van der Waals surface area contributed by atoms with Gasteiger partial charge in [-0.1, -0.05) is 27.2 Å². The zero-order valence-electron chi connectivity index (χ0n) is 8.31. The molecule has 2 nitrogen and oxygen atoms in total. The molecule has 0 atom stereocenters. The topological polar surface area (TPSA) is 29.1 Å². The van der Waals surface area contributed by atoms with E-state index in [1.165, 1.54) is 6.42 Å². The van der Waals surface area contributed by atoms with Gasteiger partial charge in [0.1, 0.15) is 0 Å². The first-order chi connectivity index (χ1) is 5.49. The van der Waals surface area contributed by atoms with Crippen molar-refractivity contribution in [1.82, 2.24) is 5.32 Å². The minimum atomic E-state index is 0.208. The Hall–Kier alpha value is -0.530. The second-order valence-electron chi connectivity index (χ2n) is 4.91. The van der Waals surface area contributed by atoms with Gasteiger partial charge in [0.25, 0.3) is 0 Å². The van der Waals surface area contributed by atoms with Crippen LogP contribution in [0.1, 0.15) is 40.0 Å². The molecule has 0 aromatic heterocycles. The van der Waals surface area contributed by atoms with E-state index in [9.17, 15) is 4.79 Å². The molecule has 12 heavy (non-hydrogen) atoms. The first kappa shape index (κ1) is 9.56. The van der Waals surface area contributed by atoms with E-state index in [4.69, 9.17) is 0 Å². The summed E-state index contributed by atoms with van der Waals surface area (Å²) < 4.78 is 0. The summed E-state index contributed by atoms with van der Waals surface area (Å²) >= 11 is 0. The van der Waals surface area contributed by atoms with E-state index in [0.717, 1.165) is 19.4 Å². The molecule has 1 N–H and O–H groups in total. The van der Waals surface area contributed by atoms with Crippen molar-refractivity contribution in [1.29, 1.82) is 0 Å². The highest BCUT2D eigenvalue weighted by Crippen LogP contribution is 2.26. The average Bonchev–Trinajstić information content (AvgIpc) is 1.78. The van der Waals surface area contributed by atoms with Crippen LogP contribution >= 0.6 is 0 Å². The summed E-state index contributed by atoms with van der Waals surface area (Å²) in [5.74, 6) is 0.587. The Morgan fingerprint density at radius 3 is 2.33 bits per heavy atom. The Balaban J connectivity index is 2.18. The highest BCUT2D eigenvalue weighted by Gasteiger charge is 2.25. The van der Waals surface area contributed by atoms with Gasteiger partial charge in [0.15, 0.2) is 0 Å². The van der Waals surface area contributed by atoms with Crippen molar-refractivity contribution in [2.75, 3.05) is 6.54 Å². The lowest BCUT2D eigenvalue weighted by Crippen LogP contribution is -2.38. The van der Waals surface area contributed by atoms with E-state index in [0.29, 0.717) is 5.92 Å². The van der Waals surface area contributed by atoms with E-state index >= 15 is 0 Å². The quantitative estimate of drug-likeness (QED) is 0.672. The van der Waals surface area contributed by atoms with Crippen LogP contribution in [0.15, 0.2) is 0 Å². The molecule has 1 aliphatic rings. The summed E-state index contributed by atoms with van der Waals surface area (Å²) in [5.41, 5.74) is 0.208. The monoisotopic (exact) mass is 169 g/mol. The normalized spacial score (nSPS) is 18.6. The van der Waals surface area contributed by atoms with E-state index in [2.05, 4.69) is 26.1 Å². The molecule has 0 bridgehead atoms. The Labute approximate surface area is 74.7 Å². The van der Waals surface area contributed by atoms with Gasteiger partial charge in [-0.05, 0) is 18.3 Å². The SMILES string of the molecule is CC(C)(C)CNC(=O)C1CCC1. The van der Waals surface area contributed by atoms with Crippen molar-refractivity contribution >= 4 is 5.91 Å². The maximum atomic E-state index is 11.4. The lowest BCUT2D eigenvalue weighted by molar-refractivity contribution is -0.127. The zero-order chi connectivity index (χ0) is 9.19. The highest BCUT2D eigenvalue weighted by atomic mass is 16.1. The zero-order valence-corrected chi connectivity index (χ0v) is 8.31. The van der Waals surface area contributed by atoms with Gasteiger partial charge in [-0.25, -0.2) is 0 Å². The fourth-order valence-corrected chi connectivity index (χ4v) is 1.17. The largest absolute Gasteiger partial charge is 0.355 e. The fourth-order valence-electron chi connectivity index (χ4n) is 1.17. The van der Waals surface area contributed by atoms with Gasteiger partial charge in [0.2, 0.25) is 5.91 Å². The molecule has 1 saturated carbocycles. The molecule has 0 saturated heterocycles. The van der Waals surface area contributed by atoms with Crippen molar-refractivity contribution in [3.8, 4) is 0 Å². The molecule has 1 amide bonds. The van der Waals surface area contributed by atoms with Crippen LogP contribution in [0.25, 0.3) is 0 Å². The predicted molar refractivity (Wildman–Crippen MR) is 49.8 cm³/mol. The number of hydrogen-bond acceptors (Lipinski definition) is 1. The number of nitrogens with one attached hydrogen (secondary N) is 1. The van der Waals surface area contributed by atoms with Gasteiger partial charge in [0.05, 0.1) is 0 Å². The van der Waals surface area contributed by atoms with Gasteiger partial charge >= 0.3 is 0 Å². The van der Waals surface area contributed by atoms with Crippen molar-refractivity contribution in [3.05, 3.63) is 0 Å². The Morgan fingerprint density at radius 2 is 2.00 bits per heavy atom. The average molecular weight is 169 g/mol. The summed E-state index contributed by atoms with van der Waals surface area (Å²) in [4.78, 5) is 11.4. The predicted octanol–water partition coefficient (Wildman–Crippen LogP) is 1.95. The summed E-state index contributed by atoms with van der Waals surface area (Å²) in [5, 5.41) is 2.99. The molecule has 0 aromatic carbocycles. The van der Waals surface area contributed by atoms with Crippen LogP contribution in [0.4, 0.5) is 0 Å². The van der Waals surface area contributed by atoms with Crippen LogP contribution in [0.2, 0.25) is 0 Å². The Bertz CT molecular complexity index is 165. The molecule has 2 heteroatoms. The van der Waals surface area contributed by atoms with Crippen molar-refractivity contribution in [2.24, 2.45) is 11.3 Å². The summed E-state index contributed by atoms with van der Waals surface area (Å²) in [6.45, 7) is 7.19. The fraction of sp³-hybridized carbons (Fsp3) is 0.900. The third kappa shape index (κ3) is 2.84. The molecule has 0 aromatic rings. The molecular weight excluding hydrogens is 150 g/mol. The van der Waals surface area contributed by atoms with Crippen LogP contribution in [-0.2, 0) is 4.79 Å². The number of carbonyl (C=O) groups excluding carboxylic acids is 1. The van der Waals surface area contributed by atoms with Crippen molar-refractivity contribution in [2.45, 2.75) is 40.0 Å². The molecular formula is C10H19NO. The highest BCUT2D eigenvalue weighted by molar-refractivity contribution is 5.79. The maximum absolute atomic E-state index is 11.4. The number of rotatable bonds is 2. The number of carbonyl (C=O) groups is 1. The standard InChI is InChI=1S/C10H19NO/c1-10(2,3)7-11-9(12)8-5-4-6-8/h8H,4-7H2,1-3H3,(H,11,12). The van der Waals surface area contributed by atoms with E-state index in [1.54, 1.807) is 0 Å². The maximum Gasteiger partial charge on any atom is 0.223 e. The molecule has 1 fully saturated rings. The lowest BCUT2D eigenvalue weighted by Gasteiger charge is -2.26. The minimum absolute atomic E-state index is 0.208. The molecule has 0 radical (unpaired) electrons. The Kier molecular flexibility index (Phi) is 2.76. The van der Waals surface area contributed by atoms with Gasteiger partial charge in [0, 0.05) is 12.5 Å². The molecule has 0 heterocycles. The third-order valence-corrected chi connectivity index (χ3v) is 2.27. The number of hydrogen-bond donors (Lipinski definition) is 1. The second kappa shape index (κ2) is 3.46. The Morgan fingerprint density at radius 1 is 1.42 bits per heavy atom. The second-order valence-corrected chi connectivity index (χ2v) is 4.91. The van der Waals surface area contributed by atoms with Crippen molar-refractivity contribution < 1.29 is 4.79 Å². The van der Waals surface area contributed by atoms with E-state index in [-0.39, 0.29) is 11.3 Å². The molecule has 70 valence electrons. The molecule has 0 unspecified atom stereocenters. The van der Waals surface area contributed by atoms with Crippen molar-refractivity contribution in [3.63, 3.8) is 0 Å². The van der Waals surface area contributed by atoms with Crippen LogP contribution < -0.4 is 5.32 Å². The molecule has 0 aliphatic heterocycles. The lowest BCUT2D eigenvalue weighted by atomic mass is 9.84. The van der Waals surface area contributed by atoms with Crippen LogP contribution in [0, 0.1) is 11.3 Å². The van der Waals surface area contributed by atoms with Gasteiger partial charge in [-0.15, -0.1) is 0 Å². The van der Waals surface area contributed by atoms with Gasteiger partial charge in [-0.2, -0.15) is 0 Å². The minimum Gasteiger partial charge on any atom is -0.355 e. The van der Waals surface area contributed by atoms with Gasteiger partial charge in [-0.3, -0.25) is 4.79 Å². The van der Waals surface area contributed by atoms with Crippen LogP contribution in [0.5, 0.6) is 0 Å². The summed E-state index contributed by atoms with van der Waals surface area (Å²) in [7, 11) is 0. The summed E-state index contributed by atoms with van der Waals surface area (Å²) in [6.07, 6.45) is 3.42. The van der Waals surface area contributed by atoms with E-state index in [1.807, 2.05) is 0 Å². The first-order valence-electron chi connectivity index (χ1n) is 4.77. The first-order valence-corrected chi connectivity index (χ1v) is 4.77.